The van der Waals surface area contributed by atoms with Crippen LogP contribution in [0.1, 0.15) is 12.0 Å². The second-order valence-electron chi connectivity index (χ2n) is 7.91. The van der Waals surface area contributed by atoms with Gasteiger partial charge in [0, 0.05) is 17.3 Å². The highest BCUT2D eigenvalue weighted by molar-refractivity contribution is 7.80. The zero-order chi connectivity index (χ0) is 24.9. The van der Waals surface area contributed by atoms with Crippen molar-refractivity contribution in [3.05, 3.63) is 83.4 Å². The van der Waals surface area contributed by atoms with Crippen LogP contribution in [0.3, 0.4) is 0 Å². The van der Waals surface area contributed by atoms with Crippen molar-refractivity contribution in [1.29, 1.82) is 0 Å². The number of nitrogens with one attached hydrogen (secondary N) is 1. The number of benzene rings is 3. The van der Waals surface area contributed by atoms with Gasteiger partial charge in [-0.1, -0.05) is 23.7 Å². The molecule has 9 heteroatoms. The molecule has 2 amide bonds. The number of ether oxygens (including phenoxy) is 2. The van der Waals surface area contributed by atoms with Crippen LogP contribution in [-0.4, -0.2) is 42.1 Å². The molecule has 0 aromatic heterocycles. The molecule has 1 saturated heterocycles. The van der Waals surface area contributed by atoms with Crippen molar-refractivity contribution in [2.24, 2.45) is 0 Å². The predicted octanol–water partition coefficient (Wildman–Crippen LogP) is 4.89. The van der Waals surface area contributed by atoms with Gasteiger partial charge in [0.15, 0.2) is 5.11 Å². The Balaban J connectivity index is 1.59. The SMILES string of the molecule is COc1ccc(CN2C(=S)N(c3ccc(OC)cc3)C(=O)C2CC(=O)Nc2ccc(Cl)cc2)cc1. The highest BCUT2D eigenvalue weighted by Gasteiger charge is 2.44. The van der Waals surface area contributed by atoms with E-state index >= 15 is 0 Å². The average molecular weight is 510 g/mol. The normalized spacial score (nSPS) is 15.3. The molecule has 0 spiro atoms. The van der Waals surface area contributed by atoms with E-state index in [4.69, 9.17) is 33.3 Å². The van der Waals surface area contributed by atoms with E-state index in [1.54, 1.807) is 67.7 Å². The smallest absolute Gasteiger partial charge is 0.256 e. The van der Waals surface area contributed by atoms with Crippen molar-refractivity contribution in [2.45, 2.75) is 19.0 Å². The van der Waals surface area contributed by atoms with Gasteiger partial charge in [-0.25, -0.2) is 0 Å². The molecule has 0 bridgehead atoms. The summed E-state index contributed by atoms with van der Waals surface area (Å²) in [6.07, 6.45) is -0.0651. The van der Waals surface area contributed by atoms with E-state index in [9.17, 15) is 9.59 Å². The maximum absolute atomic E-state index is 13.6. The first kappa shape index (κ1) is 24.5. The fraction of sp³-hybridized carbons (Fsp3) is 0.192. The minimum atomic E-state index is -0.765. The second-order valence-corrected chi connectivity index (χ2v) is 8.71. The van der Waals surface area contributed by atoms with Crippen LogP contribution in [0.15, 0.2) is 72.8 Å². The molecule has 0 aliphatic carbocycles. The fourth-order valence-electron chi connectivity index (χ4n) is 3.83. The number of thiocarbonyl (C=S) groups is 1. The number of nitrogens with zero attached hydrogens (tertiary/aromatic N) is 2. The third-order valence-corrected chi connectivity index (χ3v) is 6.34. The Labute approximate surface area is 214 Å². The summed E-state index contributed by atoms with van der Waals surface area (Å²) in [7, 11) is 3.18. The average Bonchev–Trinajstić information content (AvgIpc) is 3.09. The summed E-state index contributed by atoms with van der Waals surface area (Å²) in [4.78, 5) is 29.7. The predicted molar refractivity (Wildman–Crippen MR) is 140 cm³/mol. The maximum Gasteiger partial charge on any atom is 0.256 e. The summed E-state index contributed by atoms with van der Waals surface area (Å²) in [5.74, 6) is 0.831. The van der Waals surface area contributed by atoms with Crippen LogP contribution in [0.2, 0.25) is 5.02 Å². The van der Waals surface area contributed by atoms with Gasteiger partial charge in [0.2, 0.25) is 5.91 Å². The molecule has 1 N–H and O–H groups in total. The molecule has 1 aliphatic heterocycles. The third kappa shape index (κ3) is 5.55. The molecule has 1 heterocycles. The van der Waals surface area contributed by atoms with Crippen molar-refractivity contribution in [1.82, 2.24) is 4.90 Å². The van der Waals surface area contributed by atoms with Crippen LogP contribution in [0, 0.1) is 0 Å². The summed E-state index contributed by atoms with van der Waals surface area (Å²) in [5, 5.41) is 3.73. The van der Waals surface area contributed by atoms with E-state index in [2.05, 4.69) is 5.32 Å². The van der Waals surface area contributed by atoms with E-state index < -0.39 is 6.04 Å². The quantitative estimate of drug-likeness (QED) is 0.436. The highest BCUT2D eigenvalue weighted by Crippen LogP contribution is 2.30. The lowest BCUT2D eigenvalue weighted by Gasteiger charge is -2.24. The standard InChI is InChI=1S/C26H24ClN3O4S/c1-33-21-11-3-17(4-12-21)16-29-23(15-24(31)28-19-7-5-18(27)6-8-19)25(32)30(26(29)35)20-9-13-22(34-2)14-10-20/h3-14,23H,15-16H2,1-2H3,(H,28,31). The van der Waals surface area contributed by atoms with E-state index in [1.807, 2.05) is 24.3 Å². The minimum Gasteiger partial charge on any atom is -0.497 e. The Morgan fingerprint density at radius 2 is 1.51 bits per heavy atom. The lowest BCUT2D eigenvalue weighted by molar-refractivity contribution is -0.124. The maximum atomic E-state index is 13.6. The lowest BCUT2D eigenvalue weighted by Crippen LogP contribution is -2.37. The van der Waals surface area contributed by atoms with E-state index in [1.165, 1.54) is 4.90 Å². The van der Waals surface area contributed by atoms with Gasteiger partial charge in [0.1, 0.15) is 17.5 Å². The van der Waals surface area contributed by atoms with Crippen LogP contribution < -0.4 is 19.7 Å². The van der Waals surface area contributed by atoms with Crippen LogP contribution in [0.5, 0.6) is 11.5 Å². The Hall–Kier alpha value is -3.62. The molecule has 1 atom stereocenters. The van der Waals surface area contributed by atoms with Crippen molar-refractivity contribution in [3.63, 3.8) is 0 Å². The van der Waals surface area contributed by atoms with Crippen molar-refractivity contribution in [3.8, 4) is 11.5 Å². The Kier molecular flexibility index (Phi) is 7.53. The van der Waals surface area contributed by atoms with Crippen molar-refractivity contribution < 1.29 is 19.1 Å². The summed E-state index contributed by atoms with van der Waals surface area (Å²) >= 11 is 11.7. The zero-order valence-electron chi connectivity index (χ0n) is 19.2. The van der Waals surface area contributed by atoms with Gasteiger partial charge in [-0.05, 0) is 78.4 Å². The molecule has 3 aromatic rings. The van der Waals surface area contributed by atoms with Crippen molar-refractivity contribution in [2.75, 3.05) is 24.4 Å². The van der Waals surface area contributed by atoms with Gasteiger partial charge in [-0.15, -0.1) is 0 Å². The van der Waals surface area contributed by atoms with Crippen LogP contribution in [0.4, 0.5) is 11.4 Å². The topological polar surface area (TPSA) is 71.1 Å². The number of rotatable bonds is 8. The minimum absolute atomic E-state index is 0.0651. The molecule has 35 heavy (non-hydrogen) atoms. The van der Waals surface area contributed by atoms with Gasteiger partial charge >= 0.3 is 0 Å². The number of carbonyl (C=O) groups is 2. The lowest BCUT2D eigenvalue weighted by atomic mass is 10.1. The summed E-state index contributed by atoms with van der Waals surface area (Å²) in [5.41, 5.74) is 2.14. The zero-order valence-corrected chi connectivity index (χ0v) is 20.8. The van der Waals surface area contributed by atoms with Crippen LogP contribution in [-0.2, 0) is 16.1 Å². The first-order chi connectivity index (χ1) is 16.9. The molecule has 1 fully saturated rings. The molecule has 1 aliphatic rings. The van der Waals surface area contributed by atoms with Gasteiger partial charge in [-0.3, -0.25) is 14.5 Å². The Morgan fingerprint density at radius 1 is 0.943 bits per heavy atom. The molecule has 0 radical (unpaired) electrons. The molecule has 7 nitrogen and oxygen atoms in total. The van der Waals surface area contributed by atoms with Crippen molar-refractivity contribution >= 4 is 52.1 Å². The number of methoxy groups -OCH3 is 2. The molecule has 3 aromatic carbocycles. The molecular formula is C26H24ClN3O4S. The van der Waals surface area contributed by atoms with Gasteiger partial charge in [0.25, 0.3) is 5.91 Å². The molecule has 180 valence electrons. The molecule has 1 unspecified atom stereocenters. The Morgan fingerprint density at radius 3 is 2.09 bits per heavy atom. The summed E-state index contributed by atoms with van der Waals surface area (Å²) in [6, 6.07) is 20.6. The molecule has 4 rings (SSSR count). The van der Waals surface area contributed by atoms with E-state index in [0.717, 1.165) is 11.3 Å². The van der Waals surface area contributed by atoms with E-state index in [0.29, 0.717) is 33.8 Å². The molecule has 0 saturated carbocycles. The fourth-order valence-corrected chi connectivity index (χ4v) is 4.34. The number of hydrogen-bond acceptors (Lipinski definition) is 5. The first-order valence-corrected chi connectivity index (χ1v) is 11.6. The van der Waals surface area contributed by atoms with E-state index in [-0.39, 0.29) is 18.2 Å². The number of amides is 2. The monoisotopic (exact) mass is 509 g/mol. The number of halogens is 1. The third-order valence-electron chi connectivity index (χ3n) is 5.67. The van der Waals surface area contributed by atoms with Crippen LogP contribution >= 0.6 is 23.8 Å². The largest absolute Gasteiger partial charge is 0.497 e. The van der Waals surface area contributed by atoms with Gasteiger partial charge in [-0.2, -0.15) is 0 Å². The molecular weight excluding hydrogens is 486 g/mol. The Bertz CT molecular complexity index is 1220. The van der Waals surface area contributed by atoms with Gasteiger partial charge in [0.05, 0.1) is 26.3 Å². The number of hydrogen-bond donors (Lipinski definition) is 1. The summed E-state index contributed by atoms with van der Waals surface area (Å²) in [6.45, 7) is 0.361. The second kappa shape index (κ2) is 10.8. The highest BCUT2D eigenvalue weighted by atomic mass is 35.5. The number of carbonyl (C=O) groups excluding carboxylic acids is 2. The van der Waals surface area contributed by atoms with Crippen LogP contribution in [0.25, 0.3) is 0 Å². The summed E-state index contributed by atoms with van der Waals surface area (Å²) < 4.78 is 10.5. The number of anilines is 2. The first-order valence-electron chi connectivity index (χ1n) is 10.9. The van der Waals surface area contributed by atoms with Gasteiger partial charge < -0.3 is 19.7 Å².